The Kier molecular flexibility index (Phi) is 7.88. The maximum Gasteiger partial charge on any atom is 0.284 e. The van der Waals surface area contributed by atoms with Gasteiger partial charge in [0.1, 0.15) is 23.0 Å². The van der Waals surface area contributed by atoms with Crippen LogP contribution in [0.15, 0.2) is 110 Å². The number of methoxy groups -OCH3 is 2. The van der Waals surface area contributed by atoms with Gasteiger partial charge in [0.25, 0.3) is 17.2 Å². The maximum atomic E-state index is 14.0. The highest BCUT2D eigenvalue weighted by molar-refractivity contribution is 7.07. The number of hydrogen-bond acceptors (Lipinski definition) is 9. The van der Waals surface area contributed by atoms with Gasteiger partial charge in [-0.1, -0.05) is 41.7 Å². The van der Waals surface area contributed by atoms with E-state index in [1.54, 1.807) is 74.7 Å². The Hall–Kier alpha value is -5.75. The number of benzene rings is 3. The molecule has 6 rings (SSSR count). The number of carbonyl (C=O) groups excluding carboxylic acids is 1. The van der Waals surface area contributed by atoms with Crippen molar-refractivity contribution in [1.82, 2.24) is 4.57 Å². The third-order valence-corrected chi connectivity index (χ3v) is 8.26. The molecule has 45 heavy (non-hydrogen) atoms. The second kappa shape index (κ2) is 12.1. The number of ether oxygens (including phenoxy) is 2. The first-order chi connectivity index (χ1) is 21.8. The van der Waals surface area contributed by atoms with Gasteiger partial charge < -0.3 is 19.2 Å². The molecule has 5 aromatic rings. The zero-order chi connectivity index (χ0) is 31.7. The summed E-state index contributed by atoms with van der Waals surface area (Å²) >= 11 is 1.15. The summed E-state index contributed by atoms with van der Waals surface area (Å²) in [6.07, 6.45) is 1.56. The fraction of sp³-hybridized carbons (Fsp3) is 0.121. The molecule has 226 valence electrons. The summed E-state index contributed by atoms with van der Waals surface area (Å²) in [5.41, 5.74) is 1.78. The summed E-state index contributed by atoms with van der Waals surface area (Å²) in [7, 11) is 2.98. The lowest BCUT2D eigenvalue weighted by atomic mass is 9.95. The minimum Gasteiger partial charge on any atom is -0.497 e. The first-order valence-electron chi connectivity index (χ1n) is 13.7. The van der Waals surface area contributed by atoms with Gasteiger partial charge in [-0.05, 0) is 61.0 Å². The molecule has 0 spiro atoms. The average Bonchev–Trinajstić information content (AvgIpc) is 3.64. The van der Waals surface area contributed by atoms with Crippen LogP contribution >= 0.6 is 11.3 Å². The fourth-order valence-electron chi connectivity index (χ4n) is 5.16. The number of carbonyl (C=O) groups is 1. The van der Waals surface area contributed by atoms with Gasteiger partial charge in [0.15, 0.2) is 4.80 Å². The molecular weight excluding hydrogens is 596 g/mol. The fourth-order valence-corrected chi connectivity index (χ4v) is 6.19. The molecule has 1 aliphatic heterocycles. The van der Waals surface area contributed by atoms with E-state index in [1.807, 2.05) is 24.3 Å². The van der Waals surface area contributed by atoms with Gasteiger partial charge in [-0.25, -0.2) is 4.99 Å². The number of thiazole rings is 1. The molecule has 0 saturated carbocycles. The molecule has 0 aliphatic carbocycles. The van der Waals surface area contributed by atoms with Gasteiger partial charge in [0, 0.05) is 11.8 Å². The summed E-state index contributed by atoms with van der Waals surface area (Å²) in [6, 6.07) is 23.2. The summed E-state index contributed by atoms with van der Waals surface area (Å²) in [6.45, 7) is 1.74. The number of anilines is 1. The highest BCUT2D eigenvalue weighted by Crippen LogP contribution is 2.35. The third kappa shape index (κ3) is 5.66. The zero-order valence-electron chi connectivity index (χ0n) is 24.3. The number of rotatable bonds is 8. The summed E-state index contributed by atoms with van der Waals surface area (Å²) in [5, 5.41) is 14.6. The van der Waals surface area contributed by atoms with Crippen LogP contribution in [-0.2, 0) is 4.79 Å². The number of nitrogens with one attached hydrogen (secondary N) is 1. The molecular formula is C33H26N4O7S. The van der Waals surface area contributed by atoms with Crippen molar-refractivity contribution in [3.63, 3.8) is 0 Å². The molecule has 11 nitrogen and oxygen atoms in total. The average molecular weight is 623 g/mol. The summed E-state index contributed by atoms with van der Waals surface area (Å²) < 4.78 is 18.3. The number of para-hydroxylation sites is 1. The molecule has 0 radical (unpaired) electrons. The second-order valence-corrected chi connectivity index (χ2v) is 11.0. The summed E-state index contributed by atoms with van der Waals surface area (Å²) in [5.74, 6) is 1.10. The number of nitro benzene ring substituents is 1. The zero-order valence-corrected chi connectivity index (χ0v) is 25.2. The predicted molar refractivity (Wildman–Crippen MR) is 169 cm³/mol. The number of nitro groups is 1. The van der Waals surface area contributed by atoms with E-state index in [4.69, 9.17) is 13.9 Å². The van der Waals surface area contributed by atoms with Crippen LogP contribution in [-0.4, -0.2) is 29.6 Å². The predicted octanol–water partition coefficient (Wildman–Crippen LogP) is 5.06. The van der Waals surface area contributed by atoms with Gasteiger partial charge in [-0.3, -0.25) is 24.3 Å². The highest BCUT2D eigenvalue weighted by atomic mass is 32.1. The lowest BCUT2D eigenvalue weighted by molar-refractivity contribution is -0.384. The van der Waals surface area contributed by atoms with Crippen LogP contribution in [0.2, 0.25) is 0 Å². The van der Waals surface area contributed by atoms with E-state index in [2.05, 4.69) is 10.3 Å². The monoisotopic (exact) mass is 622 g/mol. The smallest absolute Gasteiger partial charge is 0.284 e. The number of amides is 1. The van der Waals surface area contributed by atoms with Crippen molar-refractivity contribution in [1.29, 1.82) is 0 Å². The largest absolute Gasteiger partial charge is 0.497 e. The van der Waals surface area contributed by atoms with Gasteiger partial charge in [0.2, 0.25) is 0 Å². The lowest BCUT2D eigenvalue weighted by Crippen LogP contribution is -2.40. The third-order valence-electron chi connectivity index (χ3n) is 7.27. The van der Waals surface area contributed by atoms with Crippen molar-refractivity contribution in [2.75, 3.05) is 19.5 Å². The van der Waals surface area contributed by atoms with Crippen LogP contribution in [0, 0.1) is 10.1 Å². The number of furan rings is 1. The molecule has 0 saturated heterocycles. The maximum absolute atomic E-state index is 14.0. The quantitative estimate of drug-likeness (QED) is 0.189. The van der Waals surface area contributed by atoms with Crippen LogP contribution in [0.1, 0.15) is 24.3 Å². The molecule has 1 amide bonds. The molecule has 1 aliphatic rings. The first kappa shape index (κ1) is 29.3. The van der Waals surface area contributed by atoms with E-state index in [1.165, 1.54) is 17.7 Å². The molecule has 1 N–H and O–H groups in total. The number of aromatic nitrogens is 1. The van der Waals surface area contributed by atoms with Crippen LogP contribution in [0.5, 0.6) is 11.5 Å². The molecule has 0 unspecified atom stereocenters. The number of hydrogen-bond donors (Lipinski definition) is 1. The van der Waals surface area contributed by atoms with Crippen LogP contribution in [0.3, 0.4) is 0 Å². The van der Waals surface area contributed by atoms with Gasteiger partial charge in [-0.2, -0.15) is 0 Å². The Morgan fingerprint density at radius 3 is 2.51 bits per heavy atom. The van der Waals surface area contributed by atoms with Crippen molar-refractivity contribution >= 4 is 34.7 Å². The molecule has 0 bridgehead atoms. The van der Waals surface area contributed by atoms with E-state index < -0.39 is 11.0 Å². The molecule has 3 heterocycles. The van der Waals surface area contributed by atoms with Gasteiger partial charge in [0.05, 0.1) is 52.6 Å². The van der Waals surface area contributed by atoms with Crippen molar-refractivity contribution in [3.8, 4) is 22.8 Å². The topological polar surface area (TPSA) is 138 Å². The van der Waals surface area contributed by atoms with E-state index >= 15 is 0 Å². The number of fused-ring (bicyclic) bond motifs is 1. The van der Waals surface area contributed by atoms with E-state index in [0.717, 1.165) is 11.3 Å². The molecule has 3 aromatic carbocycles. The van der Waals surface area contributed by atoms with Crippen LogP contribution in [0.4, 0.5) is 11.4 Å². The molecule has 1 atom stereocenters. The first-order valence-corrected chi connectivity index (χ1v) is 14.5. The Morgan fingerprint density at radius 1 is 1.02 bits per heavy atom. The highest BCUT2D eigenvalue weighted by Gasteiger charge is 2.33. The molecule has 12 heteroatoms. The lowest BCUT2D eigenvalue weighted by Gasteiger charge is -2.25. The molecule has 0 fully saturated rings. The van der Waals surface area contributed by atoms with Crippen molar-refractivity contribution in [3.05, 3.63) is 137 Å². The van der Waals surface area contributed by atoms with Crippen LogP contribution < -0.4 is 29.7 Å². The summed E-state index contributed by atoms with van der Waals surface area (Å²) in [4.78, 5) is 44.0. The number of allylic oxidation sites excluding steroid dienone is 1. The SMILES string of the molecule is COc1cccc([C@@H]2C(C(=O)Nc3ccccc3)=C(C)N=c3s/c(=C\c4ccc(-c5ccc(OC)cc5[N+](=O)[O-])o4)c(=O)n32)c1. The minimum atomic E-state index is -0.795. The standard InChI is InChI=1S/C33H26N4O7S/c1-19-29(31(38)35-21-9-5-4-6-10-21)30(20-8-7-11-22(16-20)42-2)36-32(39)28(45-33(36)34-19)18-24-13-15-27(44-24)25-14-12-23(43-3)17-26(25)37(40)41/h4-18,30H,1-3H3,(H,35,38)/b28-18-/t30-/m1/s1. The number of nitrogens with zero attached hydrogens (tertiary/aromatic N) is 3. The van der Waals surface area contributed by atoms with Crippen molar-refractivity contribution in [2.24, 2.45) is 4.99 Å². The molecule has 2 aromatic heterocycles. The Labute approximate surface area is 260 Å². The Balaban J connectivity index is 1.45. The van der Waals surface area contributed by atoms with Gasteiger partial charge in [-0.15, -0.1) is 0 Å². The van der Waals surface area contributed by atoms with Crippen molar-refractivity contribution < 1.29 is 23.6 Å². The normalized spacial score (nSPS) is 14.5. The van der Waals surface area contributed by atoms with Crippen molar-refractivity contribution in [2.45, 2.75) is 13.0 Å². The van der Waals surface area contributed by atoms with E-state index in [-0.39, 0.29) is 28.5 Å². The van der Waals surface area contributed by atoms with Gasteiger partial charge >= 0.3 is 0 Å². The Morgan fingerprint density at radius 2 is 1.78 bits per heavy atom. The van der Waals surface area contributed by atoms with E-state index in [9.17, 15) is 19.7 Å². The minimum absolute atomic E-state index is 0.176. The van der Waals surface area contributed by atoms with E-state index in [0.29, 0.717) is 49.1 Å². The van der Waals surface area contributed by atoms with Crippen LogP contribution in [0.25, 0.3) is 17.4 Å². The second-order valence-electron chi connectivity index (χ2n) is 10.0. The Bertz CT molecular complexity index is 2160.